The average molecular weight is 227 g/mol. The second kappa shape index (κ2) is 7.53. The summed E-state index contributed by atoms with van der Waals surface area (Å²) in [5.41, 5.74) is 0. The zero-order valence-electron chi connectivity index (χ0n) is 10.7. The highest BCUT2D eigenvalue weighted by Gasteiger charge is 2.26. The first-order valence-electron chi connectivity index (χ1n) is 6.73. The molecule has 0 aliphatic carbocycles. The van der Waals surface area contributed by atoms with Crippen LogP contribution in [0.25, 0.3) is 0 Å². The molecule has 3 nitrogen and oxygen atoms in total. The topological polar surface area (TPSA) is 29.5 Å². The number of carbonyl (C=O) groups excluding carboxylic acids is 1. The largest absolute Gasteiger partial charge is 0.449 e. The molecular formula is C13H25NO2. The number of piperidine rings is 1. The summed E-state index contributed by atoms with van der Waals surface area (Å²) >= 11 is 0. The van der Waals surface area contributed by atoms with Gasteiger partial charge in [0.05, 0.1) is 6.61 Å². The highest BCUT2D eigenvalue weighted by molar-refractivity contribution is 5.68. The summed E-state index contributed by atoms with van der Waals surface area (Å²) in [7, 11) is 0. The van der Waals surface area contributed by atoms with Gasteiger partial charge in [0.2, 0.25) is 0 Å². The summed E-state index contributed by atoms with van der Waals surface area (Å²) < 4.78 is 5.23. The number of rotatable bonds is 5. The van der Waals surface area contributed by atoms with Gasteiger partial charge < -0.3 is 9.64 Å². The lowest BCUT2D eigenvalue weighted by molar-refractivity contribution is 0.0704. The maximum atomic E-state index is 11.8. The summed E-state index contributed by atoms with van der Waals surface area (Å²) in [4.78, 5) is 13.8. The molecule has 3 heteroatoms. The van der Waals surface area contributed by atoms with Crippen LogP contribution in [-0.4, -0.2) is 30.2 Å². The van der Waals surface area contributed by atoms with E-state index < -0.39 is 0 Å². The molecule has 16 heavy (non-hydrogen) atoms. The van der Waals surface area contributed by atoms with Crippen molar-refractivity contribution < 1.29 is 9.53 Å². The molecule has 0 aromatic carbocycles. The van der Waals surface area contributed by atoms with E-state index in [4.69, 9.17) is 4.74 Å². The lowest BCUT2D eigenvalue weighted by atomic mass is 9.98. The Morgan fingerprint density at radius 3 is 2.81 bits per heavy atom. The molecule has 1 saturated heterocycles. The molecule has 0 N–H and O–H groups in total. The van der Waals surface area contributed by atoms with Crippen LogP contribution in [0.5, 0.6) is 0 Å². The van der Waals surface area contributed by atoms with Crippen molar-refractivity contribution in [1.29, 1.82) is 0 Å². The van der Waals surface area contributed by atoms with Crippen LogP contribution in [0.4, 0.5) is 4.79 Å². The van der Waals surface area contributed by atoms with Crippen molar-refractivity contribution in [3.63, 3.8) is 0 Å². The normalized spacial score (nSPS) is 20.9. The molecule has 0 unspecified atom stereocenters. The summed E-state index contributed by atoms with van der Waals surface area (Å²) in [6.45, 7) is 5.66. The van der Waals surface area contributed by atoms with E-state index in [1.54, 1.807) is 0 Å². The van der Waals surface area contributed by atoms with E-state index in [1.165, 1.54) is 19.3 Å². The summed E-state index contributed by atoms with van der Waals surface area (Å²) in [5.74, 6) is 0. The van der Waals surface area contributed by atoms with Gasteiger partial charge in [-0.1, -0.05) is 26.7 Å². The van der Waals surface area contributed by atoms with Gasteiger partial charge in [0, 0.05) is 12.6 Å². The minimum absolute atomic E-state index is 0.0948. The van der Waals surface area contributed by atoms with E-state index in [9.17, 15) is 4.79 Å². The summed E-state index contributed by atoms with van der Waals surface area (Å²) in [6, 6.07) is 0.429. The van der Waals surface area contributed by atoms with Crippen molar-refractivity contribution in [3.8, 4) is 0 Å². The van der Waals surface area contributed by atoms with E-state index in [2.05, 4.69) is 6.92 Å². The molecule has 94 valence electrons. The second-order valence-corrected chi connectivity index (χ2v) is 4.60. The van der Waals surface area contributed by atoms with E-state index in [0.29, 0.717) is 12.6 Å². The van der Waals surface area contributed by atoms with Crippen molar-refractivity contribution in [3.05, 3.63) is 0 Å². The second-order valence-electron chi connectivity index (χ2n) is 4.60. The average Bonchev–Trinajstić information content (AvgIpc) is 2.33. The SMILES string of the molecule is CCCC[C@@H]1CCCCN1C(=O)OCCC. The van der Waals surface area contributed by atoms with E-state index in [0.717, 1.165) is 32.2 Å². The fraction of sp³-hybridized carbons (Fsp3) is 0.923. The van der Waals surface area contributed by atoms with Gasteiger partial charge in [0.15, 0.2) is 0 Å². The maximum absolute atomic E-state index is 11.8. The van der Waals surface area contributed by atoms with Gasteiger partial charge in [-0.25, -0.2) is 4.79 Å². The van der Waals surface area contributed by atoms with Gasteiger partial charge in [-0.15, -0.1) is 0 Å². The van der Waals surface area contributed by atoms with Crippen LogP contribution in [0.3, 0.4) is 0 Å². The van der Waals surface area contributed by atoms with E-state index >= 15 is 0 Å². The lowest BCUT2D eigenvalue weighted by Gasteiger charge is -2.35. The minimum atomic E-state index is -0.0948. The zero-order chi connectivity index (χ0) is 11.8. The summed E-state index contributed by atoms with van der Waals surface area (Å²) in [5, 5.41) is 0. The molecule has 1 rings (SSSR count). The Morgan fingerprint density at radius 1 is 1.31 bits per heavy atom. The van der Waals surface area contributed by atoms with Crippen LogP contribution in [0.15, 0.2) is 0 Å². The van der Waals surface area contributed by atoms with E-state index in [-0.39, 0.29) is 6.09 Å². The lowest BCUT2D eigenvalue weighted by Crippen LogP contribution is -2.44. The van der Waals surface area contributed by atoms with Gasteiger partial charge in [0.1, 0.15) is 0 Å². The Morgan fingerprint density at radius 2 is 2.12 bits per heavy atom. The van der Waals surface area contributed by atoms with Gasteiger partial charge in [0.25, 0.3) is 0 Å². The predicted octanol–water partition coefficient (Wildman–Crippen LogP) is 3.58. The molecule has 1 atom stereocenters. The molecule has 0 radical (unpaired) electrons. The first kappa shape index (κ1) is 13.3. The number of unbranched alkanes of at least 4 members (excludes halogenated alkanes) is 1. The number of hydrogen-bond donors (Lipinski definition) is 0. The highest BCUT2D eigenvalue weighted by Crippen LogP contribution is 2.22. The third-order valence-corrected chi connectivity index (χ3v) is 3.18. The Bertz CT molecular complexity index is 206. The van der Waals surface area contributed by atoms with Crippen molar-refractivity contribution in [2.24, 2.45) is 0 Å². The molecular weight excluding hydrogens is 202 g/mol. The van der Waals surface area contributed by atoms with E-state index in [1.807, 2.05) is 11.8 Å². The molecule has 1 fully saturated rings. The first-order chi connectivity index (χ1) is 7.79. The number of nitrogens with zero attached hydrogens (tertiary/aromatic N) is 1. The molecule has 1 amide bonds. The first-order valence-corrected chi connectivity index (χ1v) is 6.73. The van der Waals surface area contributed by atoms with Gasteiger partial charge in [-0.05, 0) is 32.1 Å². The van der Waals surface area contributed by atoms with Crippen LogP contribution in [0.2, 0.25) is 0 Å². The molecule has 0 aromatic rings. The number of likely N-dealkylation sites (tertiary alicyclic amines) is 1. The Hall–Kier alpha value is -0.730. The Balaban J connectivity index is 2.42. The Kier molecular flexibility index (Phi) is 6.27. The third kappa shape index (κ3) is 4.03. The third-order valence-electron chi connectivity index (χ3n) is 3.18. The van der Waals surface area contributed by atoms with Crippen molar-refractivity contribution in [2.75, 3.05) is 13.2 Å². The van der Waals surface area contributed by atoms with Gasteiger partial charge in [-0.2, -0.15) is 0 Å². The monoisotopic (exact) mass is 227 g/mol. The minimum Gasteiger partial charge on any atom is -0.449 e. The van der Waals surface area contributed by atoms with Crippen LogP contribution < -0.4 is 0 Å². The maximum Gasteiger partial charge on any atom is 0.410 e. The number of carbonyl (C=O) groups is 1. The fourth-order valence-corrected chi connectivity index (χ4v) is 2.25. The van der Waals surface area contributed by atoms with Crippen molar-refractivity contribution in [1.82, 2.24) is 4.90 Å². The fourth-order valence-electron chi connectivity index (χ4n) is 2.25. The standard InChI is InChI=1S/C13H25NO2/c1-3-5-8-12-9-6-7-10-14(12)13(15)16-11-4-2/h12H,3-11H2,1-2H3/t12-/m1/s1. The van der Waals surface area contributed by atoms with Crippen LogP contribution >= 0.6 is 0 Å². The number of hydrogen-bond acceptors (Lipinski definition) is 2. The molecule has 0 spiro atoms. The Labute approximate surface area is 99.1 Å². The molecule has 0 saturated carbocycles. The molecule has 0 bridgehead atoms. The number of amides is 1. The molecule has 1 aliphatic heterocycles. The van der Waals surface area contributed by atoms with Crippen molar-refractivity contribution in [2.45, 2.75) is 64.8 Å². The van der Waals surface area contributed by atoms with Gasteiger partial charge in [-0.3, -0.25) is 0 Å². The van der Waals surface area contributed by atoms with Crippen molar-refractivity contribution >= 4 is 6.09 Å². The van der Waals surface area contributed by atoms with Crippen LogP contribution in [0.1, 0.15) is 58.8 Å². The molecule has 0 aromatic heterocycles. The summed E-state index contributed by atoms with van der Waals surface area (Å²) in [6.07, 6.45) is 7.90. The quantitative estimate of drug-likeness (QED) is 0.718. The van der Waals surface area contributed by atoms with Gasteiger partial charge >= 0.3 is 6.09 Å². The molecule has 1 aliphatic rings. The predicted molar refractivity (Wildman–Crippen MR) is 65.5 cm³/mol. The molecule has 1 heterocycles. The van der Waals surface area contributed by atoms with Crippen LogP contribution in [0, 0.1) is 0 Å². The number of ether oxygens (including phenoxy) is 1. The highest BCUT2D eigenvalue weighted by atomic mass is 16.6. The zero-order valence-corrected chi connectivity index (χ0v) is 10.7. The van der Waals surface area contributed by atoms with Crippen LogP contribution in [-0.2, 0) is 4.74 Å². The smallest absolute Gasteiger partial charge is 0.410 e.